The molecule has 3 aromatic heterocycles. The van der Waals surface area contributed by atoms with Crippen LogP contribution >= 0.6 is 11.8 Å². The van der Waals surface area contributed by atoms with E-state index in [1.807, 2.05) is 46.7 Å². The fourth-order valence-electron chi connectivity index (χ4n) is 5.40. The number of anilines is 1. The number of halogens is 1. The summed E-state index contributed by atoms with van der Waals surface area (Å²) in [5.74, 6) is 1.13. The summed E-state index contributed by atoms with van der Waals surface area (Å²) in [4.78, 5) is 15.7. The molecule has 5 heterocycles. The van der Waals surface area contributed by atoms with Gasteiger partial charge < -0.3 is 27.5 Å². The summed E-state index contributed by atoms with van der Waals surface area (Å²) in [6.45, 7) is 5.50. The highest BCUT2D eigenvalue weighted by molar-refractivity contribution is 7.98. The van der Waals surface area contributed by atoms with Crippen LogP contribution in [0.1, 0.15) is 18.9 Å². The minimum absolute atomic E-state index is 0.0596. The van der Waals surface area contributed by atoms with Gasteiger partial charge in [0.1, 0.15) is 17.9 Å². The van der Waals surface area contributed by atoms with E-state index in [1.165, 1.54) is 17.8 Å². The largest absolute Gasteiger partial charge is 0.487 e. The van der Waals surface area contributed by atoms with E-state index >= 15 is 4.39 Å². The van der Waals surface area contributed by atoms with Crippen LogP contribution in [0.3, 0.4) is 0 Å². The van der Waals surface area contributed by atoms with Crippen LogP contribution in [0, 0.1) is 5.82 Å². The molecule has 1 saturated heterocycles. The average molecular weight is 591 g/mol. The number of hydrogen-bond donors (Lipinski definition) is 0. The number of pyridine rings is 1. The number of piperazine rings is 1. The highest BCUT2D eigenvalue weighted by Crippen LogP contribution is 2.43. The third-order valence-corrected chi connectivity index (χ3v) is 8.66. The van der Waals surface area contributed by atoms with Crippen molar-refractivity contribution >= 4 is 28.4 Å². The van der Waals surface area contributed by atoms with Crippen LogP contribution in [-0.4, -0.2) is 76.3 Å². The van der Waals surface area contributed by atoms with Crippen molar-refractivity contribution in [2.75, 3.05) is 51.8 Å². The van der Waals surface area contributed by atoms with Gasteiger partial charge in [-0.05, 0) is 25.1 Å². The first kappa shape index (κ1) is 26.7. The Balaban J connectivity index is 1.19. The van der Waals surface area contributed by atoms with Crippen LogP contribution in [0.4, 0.5) is 10.1 Å². The maximum atomic E-state index is 15.7. The molecule has 1 fully saturated rings. The lowest BCUT2D eigenvalue weighted by atomic mass is 10.1. The summed E-state index contributed by atoms with van der Waals surface area (Å²) >= 11 is 1.22. The maximum absolute atomic E-state index is 15.7. The minimum Gasteiger partial charge on any atom is -0.487 e. The Morgan fingerprint density at radius 3 is 2.60 bits per heavy atom. The van der Waals surface area contributed by atoms with Gasteiger partial charge in [0.15, 0.2) is 11.6 Å². The molecule has 1 atom stereocenters. The van der Waals surface area contributed by atoms with Gasteiger partial charge in [0, 0.05) is 11.8 Å². The first-order chi connectivity index (χ1) is 20.3. The SMILES string of the molecule is C[C@H]1COc2c(N3CC[N+](C)(C)CC3)c(F)cc3c(=O)c(-c4nnc(SCc5nnc(-c6ccccc6)o5)o4)cn1c23. The number of quaternary nitrogens is 1. The monoisotopic (exact) mass is 590 g/mol. The first-order valence-electron chi connectivity index (χ1n) is 13.7. The van der Waals surface area contributed by atoms with Crippen LogP contribution in [-0.2, 0) is 5.75 Å². The van der Waals surface area contributed by atoms with E-state index in [0.717, 1.165) is 23.1 Å². The lowest BCUT2D eigenvalue weighted by Crippen LogP contribution is -2.55. The molecule has 2 aliphatic heterocycles. The zero-order valence-electron chi connectivity index (χ0n) is 23.4. The number of rotatable bonds is 6. The smallest absolute Gasteiger partial charge is 0.277 e. The number of likely N-dealkylation sites (N-methyl/N-ethyl adjacent to an activating group) is 1. The molecule has 2 aromatic carbocycles. The van der Waals surface area contributed by atoms with Gasteiger partial charge in [-0.3, -0.25) is 4.79 Å². The zero-order valence-corrected chi connectivity index (χ0v) is 24.2. The Kier molecular flexibility index (Phi) is 6.50. The van der Waals surface area contributed by atoms with Gasteiger partial charge in [-0.15, -0.1) is 20.4 Å². The molecule has 7 rings (SSSR count). The molecular formula is C29H29FN7O4S+. The van der Waals surface area contributed by atoms with Gasteiger partial charge in [0.25, 0.3) is 11.1 Å². The number of nitrogens with zero attached hydrogens (tertiary/aromatic N) is 7. The third-order valence-electron chi connectivity index (χ3n) is 7.85. The summed E-state index contributed by atoms with van der Waals surface area (Å²) in [7, 11) is 4.34. The van der Waals surface area contributed by atoms with E-state index in [0.29, 0.717) is 54.2 Å². The van der Waals surface area contributed by atoms with Crippen molar-refractivity contribution in [3.8, 4) is 28.7 Å². The number of thioether (sulfide) groups is 1. The molecule has 13 heteroatoms. The Hall–Kier alpha value is -4.23. The van der Waals surface area contributed by atoms with E-state index in [9.17, 15) is 4.79 Å². The molecular weight excluding hydrogens is 561 g/mol. The molecule has 42 heavy (non-hydrogen) atoms. The third kappa shape index (κ3) is 4.71. The van der Waals surface area contributed by atoms with Gasteiger partial charge >= 0.3 is 0 Å². The van der Waals surface area contributed by atoms with Crippen molar-refractivity contribution in [2.24, 2.45) is 0 Å². The Labute approximate surface area is 244 Å². The fraction of sp³-hybridized carbons (Fsp3) is 0.345. The van der Waals surface area contributed by atoms with Gasteiger partial charge in [-0.1, -0.05) is 30.0 Å². The van der Waals surface area contributed by atoms with Crippen LogP contribution in [0.25, 0.3) is 33.8 Å². The van der Waals surface area contributed by atoms with Gasteiger partial charge in [-0.2, -0.15) is 0 Å². The van der Waals surface area contributed by atoms with E-state index in [-0.39, 0.29) is 28.1 Å². The molecule has 0 N–H and O–H groups in total. The Morgan fingerprint density at radius 2 is 1.81 bits per heavy atom. The molecule has 216 valence electrons. The fourth-order valence-corrected chi connectivity index (χ4v) is 6.00. The van der Waals surface area contributed by atoms with Crippen molar-refractivity contribution in [3.63, 3.8) is 0 Å². The lowest BCUT2D eigenvalue weighted by molar-refractivity contribution is -0.890. The molecule has 0 aliphatic carbocycles. The van der Waals surface area contributed by atoms with Crippen molar-refractivity contribution in [1.82, 2.24) is 25.0 Å². The average Bonchev–Trinajstić information content (AvgIpc) is 3.66. The van der Waals surface area contributed by atoms with E-state index < -0.39 is 11.2 Å². The highest BCUT2D eigenvalue weighted by atomic mass is 32.2. The number of aromatic nitrogens is 5. The number of benzene rings is 2. The first-order valence-corrected chi connectivity index (χ1v) is 14.7. The predicted molar refractivity (Wildman–Crippen MR) is 155 cm³/mol. The van der Waals surface area contributed by atoms with Crippen LogP contribution in [0.5, 0.6) is 5.75 Å². The van der Waals surface area contributed by atoms with Crippen molar-refractivity contribution in [2.45, 2.75) is 23.9 Å². The quantitative estimate of drug-likeness (QED) is 0.209. The molecule has 0 amide bonds. The normalized spacial score (nSPS) is 17.9. The lowest BCUT2D eigenvalue weighted by Gasteiger charge is -2.41. The summed E-state index contributed by atoms with van der Waals surface area (Å²) in [6.07, 6.45) is 1.71. The molecule has 2 aliphatic rings. The standard InChI is InChI=1S/C29H29FN7O4S/c1-17-15-39-26-23-19(13-21(30)24(26)35-9-11-37(2,3)12-10-35)25(38)20(14-36(17)23)28-33-34-29(41-28)42-16-22-31-32-27(40-22)18-7-5-4-6-8-18/h4-8,13-14,17H,9-12,15-16H2,1-3H3/q+1/t17-/m0/s1. The van der Waals surface area contributed by atoms with E-state index in [2.05, 4.69) is 34.5 Å². The molecule has 0 radical (unpaired) electrons. The predicted octanol–water partition coefficient (Wildman–Crippen LogP) is 4.38. The van der Waals surface area contributed by atoms with E-state index in [1.54, 1.807) is 6.20 Å². The van der Waals surface area contributed by atoms with Crippen molar-refractivity contribution < 1.29 is 22.4 Å². The summed E-state index contributed by atoms with van der Waals surface area (Å²) in [5, 5.41) is 16.9. The number of hydrogen-bond acceptors (Lipinski definition) is 10. The maximum Gasteiger partial charge on any atom is 0.277 e. The molecule has 5 aromatic rings. The minimum atomic E-state index is -0.476. The molecule has 0 saturated carbocycles. The van der Waals surface area contributed by atoms with Gasteiger partial charge in [0.2, 0.25) is 17.2 Å². The summed E-state index contributed by atoms with van der Waals surface area (Å²) < 4.78 is 36.3. The summed E-state index contributed by atoms with van der Waals surface area (Å²) in [5.41, 5.74) is 1.63. The van der Waals surface area contributed by atoms with Crippen LogP contribution in [0.2, 0.25) is 0 Å². The Bertz CT molecular complexity index is 1840. The highest BCUT2D eigenvalue weighted by Gasteiger charge is 2.33. The number of ether oxygens (including phenoxy) is 1. The van der Waals surface area contributed by atoms with Crippen molar-refractivity contribution in [1.29, 1.82) is 0 Å². The molecule has 0 unspecified atom stereocenters. The summed E-state index contributed by atoms with van der Waals surface area (Å²) in [6, 6.07) is 10.7. The van der Waals surface area contributed by atoms with E-state index in [4.69, 9.17) is 13.6 Å². The zero-order chi connectivity index (χ0) is 29.0. The molecule has 0 spiro atoms. The topological polar surface area (TPSA) is 112 Å². The second kappa shape index (κ2) is 10.2. The van der Waals surface area contributed by atoms with Crippen LogP contribution in [0.15, 0.2) is 61.4 Å². The Morgan fingerprint density at radius 1 is 1.05 bits per heavy atom. The second-order valence-electron chi connectivity index (χ2n) is 11.3. The molecule has 0 bridgehead atoms. The van der Waals surface area contributed by atoms with Gasteiger partial charge in [0.05, 0.1) is 63.0 Å². The van der Waals surface area contributed by atoms with Crippen LogP contribution < -0.4 is 15.1 Å². The van der Waals surface area contributed by atoms with Gasteiger partial charge in [-0.25, -0.2) is 4.39 Å². The van der Waals surface area contributed by atoms with Crippen molar-refractivity contribution in [3.05, 3.63) is 64.5 Å². The second-order valence-corrected chi connectivity index (χ2v) is 12.2. The molecule has 11 nitrogen and oxygen atoms in total.